The molecule has 62 valence electrons. The van der Waals surface area contributed by atoms with Crippen molar-refractivity contribution in [2.75, 3.05) is 0 Å². The molecule has 0 aliphatic carbocycles. The maximum atomic E-state index is 9.19. The van der Waals surface area contributed by atoms with Gasteiger partial charge in [0.25, 0.3) is 0 Å². The van der Waals surface area contributed by atoms with Crippen LogP contribution in [0.25, 0.3) is 0 Å². The van der Waals surface area contributed by atoms with E-state index in [1.807, 2.05) is 13.8 Å². The lowest BCUT2D eigenvalue weighted by molar-refractivity contribution is 0.0733. The van der Waals surface area contributed by atoms with Crippen molar-refractivity contribution < 1.29 is 10.2 Å². The van der Waals surface area contributed by atoms with Crippen LogP contribution >= 0.6 is 0 Å². The standard InChI is InChI=1S/C8H18O2/c1-3-5-8(10)6-7(9)4-2/h7-10H,3-6H2,1-2H3/t7-,8+/m0/s1. The topological polar surface area (TPSA) is 40.5 Å². The van der Waals surface area contributed by atoms with Gasteiger partial charge in [0.1, 0.15) is 0 Å². The second-order valence-corrected chi connectivity index (χ2v) is 2.74. The molecule has 10 heavy (non-hydrogen) atoms. The van der Waals surface area contributed by atoms with E-state index in [4.69, 9.17) is 5.11 Å². The average Bonchev–Trinajstić information content (AvgIpc) is 1.88. The molecule has 2 heteroatoms. The Bertz CT molecular complexity index is 73.7. The molecule has 0 unspecified atom stereocenters. The van der Waals surface area contributed by atoms with Crippen LogP contribution in [0.1, 0.15) is 39.5 Å². The molecule has 0 radical (unpaired) electrons. The van der Waals surface area contributed by atoms with E-state index < -0.39 is 0 Å². The highest BCUT2D eigenvalue weighted by molar-refractivity contribution is 4.60. The maximum absolute atomic E-state index is 9.19. The van der Waals surface area contributed by atoms with Crippen molar-refractivity contribution in [3.05, 3.63) is 0 Å². The zero-order valence-electron chi connectivity index (χ0n) is 6.88. The first-order valence-corrected chi connectivity index (χ1v) is 4.06. The first kappa shape index (κ1) is 9.92. The first-order valence-electron chi connectivity index (χ1n) is 4.06. The molecule has 0 bridgehead atoms. The van der Waals surface area contributed by atoms with E-state index in [1.54, 1.807) is 0 Å². The van der Waals surface area contributed by atoms with Gasteiger partial charge in [-0.1, -0.05) is 20.3 Å². The summed E-state index contributed by atoms with van der Waals surface area (Å²) in [6.07, 6.45) is 2.43. The minimum atomic E-state index is -0.318. The van der Waals surface area contributed by atoms with Gasteiger partial charge in [-0.2, -0.15) is 0 Å². The number of hydrogen-bond acceptors (Lipinski definition) is 2. The van der Waals surface area contributed by atoms with Gasteiger partial charge in [0.15, 0.2) is 0 Å². The minimum Gasteiger partial charge on any atom is -0.393 e. The SMILES string of the molecule is CCC[C@@H](O)C[C@@H](O)CC. The summed E-state index contributed by atoms with van der Waals surface area (Å²) >= 11 is 0. The van der Waals surface area contributed by atoms with Crippen molar-refractivity contribution >= 4 is 0 Å². The normalized spacial score (nSPS) is 16.8. The number of hydrogen-bond donors (Lipinski definition) is 2. The zero-order chi connectivity index (χ0) is 7.98. The van der Waals surface area contributed by atoms with Crippen LogP contribution in [0.3, 0.4) is 0 Å². The Hall–Kier alpha value is -0.0800. The molecule has 0 saturated carbocycles. The molecule has 0 aliphatic heterocycles. The third kappa shape index (κ3) is 4.77. The molecule has 0 aromatic rings. The summed E-state index contributed by atoms with van der Waals surface area (Å²) in [5.41, 5.74) is 0. The Morgan fingerprint density at radius 1 is 1.10 bits per heavy atom. The molecule has 0 aromatic carbocycles. The van der Waals surface area contributed by atoms with E-state index in [9.17, 15) is 5.11 Å². The molecule has 0 fully saturated rings. The van der Waals surface area contributed by atoms with E-state index in [0.717, 1.165) is 19.3 Å². The fraction of sp³-hybridized carbons (Fsp3) is 1.00. The molecule has 2 N–H and O–H groups in total. The van der Waals surface area contributed by atoms with Crippen molar-refractivity contribution in [3.63, 3.8) is 0 Å². The van der Waals surface area contributed by atoms with Gasteiger partial charge in [-0.15, -0.1) is 0 Å². The first-order chi connectivity index (χ1) is 4.70. The van der Waals surface area contributed by atoms with Crippen LogP contribution in [-0.4, -0.2) is 22.4 Å². The van der Waals surface area contributed by atoms with Gasteiger partial charge in [0.05, 0.1) is 12.2 Å². The number of aliphatic hydroxyl groups is 2. The summed E-state index contributed by atoms with van der Waals surface area (Å²) < 4.78 is 0. The average molecular weight is 146 g/mol. The Kier molecular flexibility index (Phi) is 5.64. The smallest absolute Gasteiger partial charge is 0.0564 e. The van der Waals surface area contributed by atoms with Gasteiger partial charge in [-0.05, 0) is 19.3 Å². The molecular formula is C8H18O2. The molecule has 0 amide bonds. The van der Waals surface area contributed by atoms with Gasteiger partial charge in [-0.25, -0.2) is 0 Å². The van der Waals surface area contributed by atoms with Crippen molar-refractivity contribution in [1.82, 2.24) is 0 Å². The third-order valence-corrected chi connectivity index (χ3v) is 1.64. The summed E-state index contributed by atoms with van der Waals surface area (Å²) in [6.45, 7) is 3.95. The van der Waals surface area contributed by atoms with E-state index in [1.165, 1.54) is 0 Å². The molecule has 2 nitrogen and oxygen atoms in total. The zero-order valence-corrected chi connectivity index (χ0v) is 6.88. The largest absolute Gasteiger partial charge is 0.393 e. The number of rotatable bonds is 5. The van der Waals surface area contributed by atoms with Crippen molar-refractivity contribution in [2.45, 2.75) is 51.7 Å². The summed E-state index contributed by atoms with van der Waals surface area (Å²) in [5, 5.41) is 18.3. The van der Waals surface area contributed by atoms with E-state index in [-0.39, 0.29) is 12.2 Å². The van der Waals surface area contributed by atoms with Crippen molar-refractivity contribution in [1.29, 1.82) is 0 Å². The lowest BCUT2D eigenvalue weighted by Gasteiger charge is -2.12. The Labute approximate surface area is 62.9 Å². The van der Waals surface area contributed by atoms with Crippen LogP contribution in [0.5, 0.6) is 0 Å². The molecule has 0 heterocycles. The molecule has 0 rings (SSSR count). The predicted octanol–water partition coefficient (Wildman–Crippen LogP) is 1.31. The highest BCUT2D eigenvalue weighted by Gasteiger charge is 2.08. The lowest BCUT2D eigenvalue weighted by Crippen LogP contribution is -2.16. The van der Waals surface area contributed by atoms with Crippen LogP contribution in [0, 0.1) is 0 Å². The number of aliphatic hydroxyl groups excluding tert-OH is 2. The molecular weight excluding hydrogens is 128 g/mol. The monoisotopic (exact) mass is 146 g/mol. The quantitative estimate of drug-likeness (QED) is 0.614. The van der Waals surface area contributed by atoms with E-state index in [2.05, 4.69) is 0 Å². The van der Waals surface area contributed by atoms with Crippen LogP contribution < -0.4 is 0 Å². The van der Waals surface area contributed by atoms with E-state index in [0.29, 0.717) is 6.42 Å². The van der Waals surface area contributed by atoms with Gasteiger partial charge in [0, 0.05) is 0 Å². The summed E-state index contributed by atoms with van der Waals surface area (Å²) in [4.78, 5) is 0. The third-order valence-electron chi connectivity index (χ3n) is 1.64. The minimum absolute atomic E-state index is 0.306. The summed E-state index contributed by atoms with van der Waals surface area (Å²) in [7, 11) is 0. The lowest BCUT2D eigenvalue weighted by atomic mass is 10.1. The van der Waals surface area contributed by atoms with Crippen LogP contribution in [0.2, 0.25) is 0 Å². The van der Waals surface area contributed by atoms with Crippen molar-refractivity contribution in [2.24, 2.45) is 0 Å². The second kappa shape index (κ2) is 5.69. The summed E-state index contributed by atoms with van der Waals surface area (Å²) in [6, 6.07) is 0. The van der Waals surface area contributed by atoms with Crippen LogP contribution in [0.15, 0.2) is 0 Å². The Morgan fingerprint density at radius 3 is 2.10 bits per heavy atom. The molecule has 0 aliphatic rings. The molecule has 0 saturated heterocycles. The Balaban J connectivity index is 3.27. The summed E-state index contributed by atoms with van der Waals surface area (Å²) in [5.74, 6) is 0. The molecule has 2 atom stereocenters. The molecule has 0 spiro atoms. The predicted molar refractivity (Wildman–Crippen MR) is 41.8 cm³/mol. The van der Waals surface area contributed by atoms with Crippen LogP contribution in [-0.2, 0) is 0 Å². The van der Waals surface area contributed by atoms with Gasteiger partial charge in [0.2, 0.25) is 0 Å². The highest BCUT2D eigenvalue weighted by Crippen LogP contribution is 2.06. The fourth-order valence-electron chi connectivity index (χ4n) is 0.932. The van der Waals surface area contributed by atoms with Crippen molar-refractivity contribution in [3.8, 4) is 0 Å². The molecule has 0 aromatic heterocycles. The fourth-order valence-corrected chi connectivity index (χ4v) is 0.932. The van der Waals surface area contributed by atoms with Gasteiger partial charge >= 0.3 is 0 Å². The maximum Gasteiger partial charge on any atom is 0.0564 e. The van der Waals surface area contributed by atoms with Crippen LogP contribution in [0.4, 0.5) is 0 Å². The second-order valence-electron chi connectivity index (χ2n) is 2.74. The Morgan fingerprint density at radius 2 is 1.70 bits per heavy atom. The van der Waals surface area contributed by atoms with Gasteiger partial charge < -0.3 is 10.2 Å². The highest BCUT2D eigenvalue weighted by atomic mass is 16.3. The van der Waals surface area contributed by atoms with Gasteiger partial charge in [-0.3, -0.25) is 0 Å². The van der Waals surface area contributed by atoms with E-state index >= 15 is 0 Å².